The fourth-order valence-corrected chi connectivity index (χ4v) is 2.87. The van der Waals surface area contributed by atoms with E-state index in [2.05, 4.69) is 34.6 Å². The summed E-state index contributed by atoms with van der Waals surface area (Å²) in [5.41, 5.74) is 2.55. The molecule has 1 N–H and O–H groups in total. The molecule has 1 fully saturated rings. The Morgan fingerprint density at radius 3 is 3.22 bits per heavy atom. The van der Waals surface area contributed by atoms with Gasteiger partial charge in [0.25, 0.3) is 0 Å². The highest BCUT2D eigenvalue weighted by Gasteiger charge is 2.13. The molecule has 1 atom stereocenters. The van der Waals surface area contributed by atoms with Crippen LogP contribution in [-0.4, -0.2) is 30.8 Å². The van der Waals surface area contributed by atoms with E-state index in [-0.39, 0.29) is 0 Å². The Morgan fingerprint density at radius 1 is 1.44 bits per heavy atom. The number of ether oxygens (including phenoxy) is 1. The van der Waals surface area contributed by atoms with Gasteiger partial charge in [0.05, 0.1) is 13.2 Å². The van der Waals surface area contributed by atoms with E-state index in [1.807, 2.05) is 11.6 Å². The second kappa shape index (κ2) is 5.61. The van der Waals surface area contributed by atoms with Gasteiger partial charge in [-0.15, -0.1) is 11.3 Å². The molecule has 1 aromatic carbocycles. The highest BCUT2D eigenvalue weighted by Crippen LogP contribution is 2.23. The van der Waals surface area contributed by atoms with Crippen LogP contribution in [-0.2, 0) is 11.2 Å². The zero-order valence-electron chi connectivity index (χ0n) is 10.1. The van der Waals surface area contributed by atoms with Crippen LogP contribution in [0.5, 0.6) is 0 Å². The summed E-state index contributed by atoms with van der Waals surface area (Å²) in [6.45, 7) is 2.59. The average molecular weight is 260 g/mol. The van der Waals surface area contributed by atoms with Gasteiger partial charge in [0.15, 0.2) is 0 Å². The molecule has 1 aliphatic rings. The van der Waals surface area contributed by atoms with Crippen molar-refractivity contribution in [2.75, 3.05) is 19.8 Å². The summed E-state index contributed by atoms with van der Waals surface area (Å²) in [7, 11) is 0. The molecule has 4 heteroatoms. The third kappa shape index (κ3) is 2.77. The second-order valence-corrected chi connectivity index (χ2v) is 5.36. The molecule has 2 heterocycles. The molecule has 0 saturated carbocycles. The molecule has 0 unspecified atom stereocenters. The molecule has 94 valence electrons. The van der Waals surface area contributed by atoms with Gasteiger partial charge in [-0.1, -0.05) is 18.2 Å². The van der Waals surface area contributed by atoms with E-state index in [1.165, 1.54) is 11.1 Å². The van der Waals surface area contributed by atoms with Crippen LogP contribution >= 0.6 is 11.3 Å². The first kappa shape index (κ1) is 11.8. The normalized spacial score (nSPS) is 19.9. The van der Waals surface area contributed by atoms with Crippen LogP contribution in [0.4, 0.5) is 0 Å². The minimum absolute atomic E-state index is 0.435. The number of rotatable bonds is 3. The number of nitrogens with one attached hydrogen (secondary N) is 1. The second-order valence-electron chi connectivity index (χ2n) is 4.47. The first-order valence-electron chi connectivity index (χ1n) is 6.22. The smallest absolute Gasteiger partial charge is 0.123 e. The molecule has 2 aromatic rings. The molecule has 3 nitrogen and oxygen atoms in total. The quantitative estimate of drug-likeness (QED) is 0.920. The van der Waals surface area contributed by atoms with Gasteiger partial charge in [-0.3, -0.25) is 0 Å². The zero-order valence-corrected chi connectivity index (χ0v) is 11.0. The van der Waals surface area contributed by atoms with Crippen LogP contribution in [0.15, 0.2) is 35.8 Å². The Balaban J connectivity index is 1.74. The van der Waals surface area contributed by atoms with Crippen molar-refractivity contribution < 1.29 is 4.74 Å². The molecule has 0 amide bonds. The summed E-state index contributed by atoms with van der Waals surface area (Å²) in [6.07, 6.45) is 2.86. The lowest BCUT2D eigenvalue weighted by molar-refractivity contribution is 0.0770. The average Bonchev–Trinajstić information content (AvgIpc) is 2.94. The first-order valence-corrected chi connectivity index (χ1v) is 7.10. The molecular weight excluding hydrogens is 244 g/mol. The Kier molecular flexibility index (Phi) is 3.69. The van der Waals surface area contributed by atoms with E-state index in [0.29, 0.717) is 6.04 Å². The van der Waals surface area contributed by atoms with Gasteiger partial charge < -0.3 is 10.1 Å². The molecule has 3 rings (SSSR count). The zero-order chi connectivity index (χ0) is 12.2. The maximum Gasteiger partial charge on any atom is 0.123 e. The molecule has 18 heavy (non-hydrogen) atoms. The standard InChI is InChI=1S/C14H16N2OS/c1-2-11(9-13-10-17-6-4-15-13)8-12(3-1)14-16-5-7-18-14/h1-3,5,7-8,13,15H,4,6,9-10H2/t13-/m1/s1. The maximum absolute atomic E-state index is 5.48. The Morgan fingerprint density at radius 2 is 2.44 bits per heavy atom. The Hall–Kier alpha value is -1.23. The van der Waals surface area contributed by atoms with E-state index >= 15 is 0 Å². The van der Waals surface area contributed by atoms with Gasteiger partial charge >= 0.3 is 0 Å². The van der Waals surface area contributed by atoms with Crippen molar-refractivity contribution in [1.29, 1.82) is 0 Å². The van der Waals surface area contributed by atoms with Crippen molar-refractivity contribution in [2.45, 2.75) is 12.5 Å². The van der Waals surface area contributed by atoms with Crippen molar-refractivity contribution in [3.05, 3.63) is 41.4 Å². The SMILES string of the molecule is c1cc(C[C@@H]2COCCN2)cc(-c2nccs2)c1. The summed E-state index contributed by atoms with van der Waals surface area (Å²) in [5, 5.41) is 6.58. The van der Waals surface area contributed by atoms with Crippen molar-refractivity contribution in [3.63, 3.8) is 0 Å². The van der Waals surface area contributed by atoms with Gasteiger partial charge in [0.2, 0.25) is 0 Å². The molecular formula is C14H16N2OS. The molecule has 0 aliphatic carbocycles. The van der Waals surface area contributed by atoms with E-state index in [9.17, 15) is 0 Å². The van der Waals surface area contributed by atoms with E-state index in [0.717, 1.165) is 31.2 Å². The number of benzene rings is 1. The Bertz CT molecular complexity index is 492. The molecule has 0 radical (unpaired) electrons. The summed E-state index contributed by atoms with van der Waals surface area (Å²) < 4.78 is 5.48. The largest absolute Gasteiger partial charge is 0.379 e. The van der Waals surface area contributed by atoms with Crippen molar-refractivity contribution in [1.82, 2.24) is 10.3 Å². The van der Waals surface area contributed by atoms with Gasteiger partial charge in [-0.25, -0.2) is 4.98 Å². The molecule has 1 saturated heterocycles. The van der Waals surface area contributed by atoms with E-state index in [1.54, 1.807) is 11.3 Å². The number of nitrogens with zero attached hydrogens (tertiary/aromatic N) is 1. The summed E-state index contributed by atoms with van der Waals surface area (Å²) in [5.74, 6) is 0. The van der Waals surface area contributed by atoms with Crippen LogP contribution in [0, 0.1) is 0 Å². The predicted octanol–water partition coefficient (Wildman–Crippen LogP) is 2.34. The number of hydrogen-bond donors (Lipinski definition) is 1. The lowest BCUT2D eigenvalue weighted by Gasteiger charge is -2.23. The van der Waals surface area contributed by atoms with Crippen molar-refractivity contribution in [3.8, 4) is 10.6 Å². The van der Waals surface area contributed by atoms with Crippen molar-refractivity contribution in [2.24, 2.45) is 0 Å². The lowest BCUT2D eigenvalue weighted by Crippen LogP contribution is -2.42. The van der Waals surface area contributed by atoms with Gasteiger partial charge in [0.1, 0.15) is 5.01 Å². The van der Waals surface area contributed by atoms with Gasteiger partial charge in [-0.2, -0.15) is 0 Å². The predicted molar refractivity (Wildman–Crippen MR) is 73.9 cm³/mol. The monoisotopic (exact) mass is 260 g/mol. The number of aromatic nitrogens is 1. The topological polar surface area (TPSA) is 34.1 Å². The minimum atomic E-state index is 0.435. The summed E-state index contributed by atoms with van der Waals surface area (Å²) in [6, 6.07) is 9.07. The first-order chi connectivity index (χ1) is 8.92. The lowest BCUT2D eigenvalue weighted by atomic mass is 10.0. The summed E-state index contributed by atoms with van der Waals surface area (Å²) in [4.78, 5) is 4.35. The maximum atomic E-state index is 5.48. The van der Waals surface area contributed by atoms with E-state index < -0.39 is 0 Å². The highest BCUT2D eigenvalue weighted by atomic mass is 32.1. The fourth-order valence-electron chi connectivity index (χ4n) is 2.23. The fraction of sp³-hybridized carbons (Fsp3) is 0.357. The minimum Gasteiger partial charge on any atom is -0.379 e. The number of thiazole rings is 1. The molecule has 0 bridgehead atoms. The number of morpholine rings is 1. The van der Waals surface area contributed by atoms with Crippen LogP contribution in [0.3, 0.4) is 0 Å². The van der Waals surface area contributed by atoms with E-state index in [4.69, 9.17) is 4.74 Å². The molecule has 0 spiro atoms. The van der Waals surface area contributed by atoms with Gasteiger partial charge in [-0.05, 0) is 18.1 Å². The Labute approximate surface area is 111 Å². The van der Waals surface area contributed by atoms with Gasteiger partial charge in [0, 0.05) is 29.7 Å². The van der Waals surface area contributed by atoms with Crippen LogP contribution < -0.4 is 5.32 Å². The number of hydrogen-bond acceptors (Lipinski definition) is 4. The third-order valence-corrected chi connectivity index (χ3v) is 3.91. The third-order valence-electron chi connectivity index (χ3n) is 3.09. The summed E-state index contributed by atoms with van der Waals surface area (Å²) >= 11 is 1.68. The van der Waals surface area contributed by atoms with Crippen LogP contribution in [0.2, 0.25) is 0 Å². The molecule has 1 aromatic heterocycles. The van der Waals surface area contributed by atoms with Crippen LogP contribution in [0.1, 0.15) is 5.56 Å². The highest BCUT2D eigenvalue weighted by molar-refractivity contribution is 7.13. The van der Waals surface area contributed by atoms with Crippen molar-refractivity contribution >= 4 is 11.3 Å². The molecule has 1 aliphatic heterocycles. The van der Waals surface area contributed by atoms with Crippen LogP contribution in [0.25, 0.3) is 10.6 Å².